The average molecular weight is 329 g/mol. The molecule has 0 aliphatic heterocycles. The van der Waals surface area contributed by atoms with Gasteiger partial charge in [0, 0.05) is 22.4 Å². The van der Waals surface area contributed by atoms with Gasteiger partial charge in [0.2, 0.25) is 0 Å². The van der Waals surface area contributed by atoms with Crippen molar-refractivity contribution < 1.29 is 14.7 Å². The fourth-order valence-electron chi connectivity index (χ4n) is 1.46. The van der Waals surface area contributed by atoms with E-state index in [4.69, 9.17) is 9.94 Å². The molecule has 1 heterocycles. The smallest absolute Gasteiger partial charge is 0.418 e. The molecular formula is C13H17BrN2O3. The number of hydroxylamine groups is 1. The molecule has 2 N–H and O–H groups in total. The van der Waals surface area contributed by atoms with Gasteiger partial charge in [-0.3, -0.25) is 15.3 Å². The second-order valence-corrected chi connectivity index (χ2v) is 5.64. The third-order valence-corrected chi connectivity index (χ3v) is 2.81. The minimum absolute atomic E-state index is 0.481. The number of ether oxygens (including phenoxy) is 1. The van der Waals surface area contributed by atoms with E-state index in [1.165, 1.54) is 10.8 Å². The predicted molar refractivity (Wildman–Crippen MR) is 78.0 cm³/mol. The lowest BCUT2D eigenvalue weighted by molar-refractivity contribution is 0.0536. The summed E-state index contributed by atoms with van der Waals surface area (Å²) in [6, 6.07) is 1.72. The van der Waals surface area contributed by atoms with E-state index in [1.54, 1.807) is 39.1 Å². The third kappa shape index (κ3) is 3.97. The van der Waals surface area contributed by atoms with Crippen molar-refractivity contribution in [3.63, 3.8) is 0 Å². The lowest BCUT2D eigenvalue weighted by Crippen LogP contribution is -2.27. The number of carbonyl (C=O) groups is 1. The SMILES string of the molecule is C=Cc1c(C(Br)=CNO)ccn1C(=O)OC(C)(C)C. The molecule has 0 atom stereocenters. The molecule has 1 aromatic rings. The summed E-state index contributed by atoms with van der Waals surface area (Å²) in [5, 5.41) is 8.65. The van der Waals surface area contributed by atoms with Crippen LogP contribution < -0.4 is 5.48 Å². The summed E-state index contributed by atoms with van der Waals surface area (Å²) in [5.74, 6) is 0. The maximum absolute atomic E-state index is 12.0. The van der Waals surface area contributed by atoms with Gasteiger partial charge in [-0.2, -0.15) is 0 Å². The molecule has 0 saturated heterocycles. The van der Waals surface area contributed by atoms with Gasteiger partial charge < -0.3 is 4.74 Å². The normalized spacial score (nSPS) is 12.2. The number of halogens is 1. The molecule has 0 spiro atoms. The zero-order valence-corrected chi connectivity index (χ0v) is 12.7. The summed E-state index contributed by atoms with van der Waals surface area (Å²) >= 11 is 3.29. The number of nitrogens with one attached hydrogen (secondary N) is 1. The van der Waals surface area contributed by atoms with Crippen LogP contribution in [0.3, 0.4) is 0 Å². The highest BCUT2D eigenvalue weighted by Crippen LogP contribution is 2.26. The number of aromatic nitrogens is 1. The van der Waals surface area contributed by atoms with Gasteiger partial charge in [0.1, 0.15) is 5.60 Å². The van der Waals surface area contributed by atoms with Gasteiger partial charge in [0.15, 0.2) is 0 Å². The van der Waals surface area contributed by atoms with Gasteiger partial charge in [-0.05, 0) is 48.8 Å². The Bertz CT molecular complexity index is 512. The Morgan fingerprint density at radius 2 is 2.21 bits per heavy atom. The highest BCUT2D eigenvalue weighted by Gasteiger charge is 2.20. The summed E-state index contributed by atoms with van der Waals surface area (Å²) in [6.45, 7) is 9.09. The van der Waals surface area contributed by atoms with Crippen molar-refractivity contribution in [2.45, 2.75) is 26.4 Å². The molecule has 0 unspecified atom stereocenters. The molecule has 1 aromatic heterocycles. The van der Waals surface area contributed by atoms with Crippen LogP contribution in [-0.4, -0.2) is 21.5 Å². The molecule has 6 heteroatoms. The molecule has 0 aliphatic carbocycles. The second kappa shape index (κ2) is 6.08. The Kier molecular flexibility index (Phi) is 4.97. The Balaban J connectivity index is 3.15. The van der Waals surface area contributed by atoms with E-state index >= 15 is 0 Å². The fraction of sp³-hybridized carbons (Fsp3) is 0.308. The zero-order chi connectivity index (χ0) is 14.6. The van der Waals surface area contributed by atoms with Crippen LogP contribution >= 0.6 is 15.9 Å². The van der Waals surface area contributed by atoms with Gasteiger partial charge >= 0.3 is 6.09 Å². The largest absolute Gasteiger partial charge is 0.443 e. The van der Waals surface area contributed by atoms with E-state index < -0.39 is 11.7 Å². The number of hydrogen-bond donors (Lipinski definition) is 2. The van der Waals surface area contributed by atoms with Gasteiger partial charge in [-0.15, -0.1) is 0 Å². The van der Waals surface area contributed by atoms with Crippen molar-refractivity contribution in [2.75, 3.05) is 0 Å². The second-order valence-electron chi connectivity index (χ2n) is 4.79. The van der Waals surface area contributed by atoms with Crippen molar-refractivity contribution >= 4 is 32.6 Å². The first-order chi connectivity index (χ1) is 8.80. The molecule has 0 fully saturated rings. The minimum atomic E-state index is -0.570. The molecule has 0 saturated carbocycles. The Morgan fingerprint density at radius 1 is 1.58 bits per heavy atom. The van der Waals surface area contributed by atoms with Gasteiger partial charge in [-0.25, -0.2) is 4.79 Å². The number of rotatable bonds is 3. The van der Waals surface area contributed by atoms with Gasteiger partial charge in [0.25, 0.3) is 0 Å². The summed E-state index contributed by atoms with van der Waals surface area (Å²) in [6.07, 6.45) is 4.01. The summed E-state index contributed by atoms with van der Waals surface area (Å²) in [4.78, 5) is 12.0. The monoisotopic (exact) mass is 328 g/mol. The first kappa shape index (κ1) is 15.5. The molecule has 19 heavy (non-hydrogen) atoms. The molecule has 0 aliphatic rings. The van der Waals surface area contributed by atoms with E-state index in [0.29, 0.717) is 15.7 Å². The Labute approximate surface area is 120 Å². The lowest BCUT2D eigenvalue weighted by atomic mass is 10.2. The van der Waals surface area contributed by atoms with Crippen molar-refractivity contribution in [1.82, 2.24) is 10.0 Å². The Hall–Kier alpha value is -1.53. The highest BCUT2D eigenvalue weighted by atomic mass is 79.9. The minimum Gasteiger partial charge on any atom is -0.443 e. The average Bonchev–Trinajstić information content (AvgIpc) is 2.70. The molecule has 0 bridgehead atoms. The van der Waals surface area contributed by atoms with Crippen LogP contribution in [0.1, 0.15) is 32.0 Å². The summed E-state index contributed by atoms with van der Waals surface area (Å²) in [5.41, 5.74) is 2.64. The molecule has 104 valence electrons. The maximum Gasteiger partial charge on any atom is 0.418 e. The van der Waals surface area contributed by atoms with Crippen LogP contribution in [0.4, 0.5) is 4.79 Å². The maximum atomic E-state index is 12.0. The summed E-state index contributed by atoms with van der Waals surface area (Å²) < 4.78 is 7.25. The molecular weight excluding hydrogens is 312 g/mol. The van der Waals surface area contributed by atoms with Crippen LogP contribution in [0.15, 0.2) is 25.0 Å². The number of carbonyl (C=O) groups excluding carboxylic acids is 1. The van der Waals surface area contributed by atoms with Crippen LogP contribution in [0.25, 0.3) is 10.6 Å². The van der Waals surface area contributed by atoms with Gasteiger partial charge in [-0.1, -0.05) is 6.58 Å². The van der Waals surface area contributed by atoms with Crippen molar-refractivity contribution in [3.8, 4) is 0 Å². The van der Waals surface area contributed by atoms with Crippen LogP contribution in [0.5, 0.6) is 0 Å². The molecule has 0 radical (unpaired) electrons. The molecule has 0 aromatic carbocycles. The number of nitrogens with zero attached hydrogens (tertiary/aromatic N) is 1. The fourth-order valence-corrected chi connectivity index (χ4v) is 1.90. The van der Waals surface area contributed by atoms with E-state index in [2.05, 4.69) is 22.5 Å². The Morgan fingerprint density at radius 3 is 2.68 bits per heavy atom. The summed E-state index contributed by atoms with van der Waals surface area (Å²) in [7, 11) is 0. The third-order valence-electron chi connectivity index (χ3n) is 2.16. The van der Waals surface area contributed by atoms with E-state index in [9.17, 15) is 4.79 Å². The van der Waals surface area contributed by atoms with Crippen LogP contribution in [0.2, 0.25) is 0 Å². The standard InChI is InChI=1S/C13H17BrN2O3/c1-5-11-9(10(14)8-15-18)6-7-16(11)12(17)19-13(2,3)4/h5-8,15,18H,1H2,2-4H3. The highest BCUT2D eigenvalue weighted by molar-refractivity contribution is 9.15. The van der Waals surface area contributed by atoms with Gasteiger partial charge in [0.05, 0.1) is 5.69 Å². The quantitative estimate of drug-likeness (QED) is 0.832. The topological polar surface area (TPSA) is 63.5 Å². The van der Waals surface area contributed by atoms with Crippen molar-refractivity contribution in [3.05, 3.63) is 36.3 Å². The number of hydrogen-bond acceptors (Lipinski definition) is 4. The zero-order valence-electron chi connectivity index (χ0n) is 11.1. The molecule has 1 rings (SSSR count). The molecule has 5 nitrogen and oxygen atoms in total. The first-order valence-corrected chi connectivity index (χ1v) is 6.42. The van der Waals surface area contributed by atoms with E-state index in [-0.39, 0.29) is 0 Å². The molecule has 0 amide bonds. The van der Waals surface area contributed by atoms with E-state index in [0.717, 1.165) is 0 Å². The van der Waals surface area contributed by atoms with Crippen molar-refractivity contribution in [2.24, 2.45) is 0 Å². The lowest BCUT2D eigenvalue weighted by Gasteiger charge is -2.20. The van der Waals surface area contributed by atoms with Crippen LogP contribution in [-0.2, 0) is 4.74 Å². The van der Waals surface area contributed by atoms with Crippen LogP contribution in [0, 0.1) is 0 Å². The van der Waals surface area contributed by atoms with E-state index in [1.807, 2.05) is 5.48 Å². The van der Waals surface area contributed by atoms with Crippen molar-refractivity contribution in [1.29, 1.82) is 0 Å². The predicted octanol–water partition coefficient (Wildman–Crippen LogP) is 3.59. The first-order valence-electron chi connectivity index (χ1n) is 5.63.